The Bertz CT molecular complexity index is 595. The second kappa shape index (κ2) is 5.30. The SMILES string of the molecule is CN(Cc1ncc[nH]1)C(=O)c1cccc([N+](=O)[O-])c1. The molecule has 7 heteroatoms. The van der Waals surface area contributed by atoms with Crippen LogP contribution in [0.4, 0.5) is 5.69 Å². The number of nitro groups is 1. The van der Waals surface area contributed by atoms with Crippen molar-refractivity contribution in [3.63, 3.8) is 0 Å². The fourth-order valence-electron chi connectivity index (χ4n) is 1.65. The molecule has 0 radical (unpaired) electrons. The number of aromatic nitrogens is 2. The third-order valence-corrected chi connectivity index (χ3v) is 2.59. The van der Waals surface area contributed by atoms with Crippen LogP contribution < -0.4 is 0 Å². The highest BCUT2D eigenvalue weighted by Crippen LogP contribution is 2.14. The average Bonchev–Trinajstić information content (AvgIpc) is 2.90. The maximum atomic E-state index is 12.1. The number of rotatable bonds is 4. The molecule has 0 atom stereocenters. The minimum Gasteiger partial charge on any atom is -0.347 e. The Kier molecular flexibility index (Phi) is 3.56. The minimum atomic E-state index is -0.524. The van der Waals surface area contributed by atoms with E-state index in [4.69, 9.17) is 0 Å². The lowest BCUT2D eigenvalue weighted by atomic mass is 10.2. The first-order chi connectivity index (χ1) is 9.08. The molecule has 1 aromatic carbocycles. The second-order valence-electron chi connectivity index (χ2n) is 4.00. The molecule has 2 rings (SSSR count). The number of hydrogen-bond donors (Lipinski definition) is 1. The van der Waals surface area contributed by atoms with Crippen molar-refractivity contribution in [1.29, 1.82) is 0 Å². The number of benzene rings is 1. The molecule has 0 unspecified atom stereocenters. The fraction of sp³-hybridized carbons (Fsp3) is 0.167. The van der Waals surface area contributed by atoms with Gasteiger partial charge in [-0.25, -0.2) is 4.98 Å². The molecule has 0 aliphatic rings. The van der Waals surface area contributed by atoms with E-state index < -0.39 is 4.92 Å². The van der Waals surface area contributed by atoms with E-state index >= 15 is 0 Å². The molecular weight excluding hydrogens is 248 g/mol. The normalized spacial score (nSPS) is 10.2. The summed E-state index contributed by atoms with van der Waals surface area (Å²) >= 11 is 0. The van der Waals surface area contributed by atoms with Crippen LogP contribution in [0.25, 0.3) is 0 Å². The van der Waals surface area contributed by atoms with Crippen LogP contribution in [-0.2, 0) is 6.54 Å². The number of nitrogens with one attached hydrogen (secondary N) is 1. The van der Waals surface area contributed by atoms with Crippen LogP contribution >= 0.6 is 0 Å². The highest BCUT2D eigenvalue weighted by molar-refractivity contribution is 5.94. The number of non-ortho nitro benzene ring substituents is 1. The van der Waals surface area contributed by atoms with Gasteiger partial charge < -0.3 is 9.88 Å². The summed E-state index contributed by atoms with van der Waals surface area (Å²) in [4.78, 5) is 30.6. The Hall–Kier alpha value is -2.70. The van der Waals surface area contributed by atoms with E-state index in [0.717, 1.165) is 0 Å². The van der Waals surface area contributed by atoms with Crippen LogP contribution in [0.5, 0.6) is 0 Å². The molecule has 1 heterocycles. The van der Waals surface area contributed by atoms with Gasteiger partial charge in [0.1, 0.15) is 5.82 Å². The van der Waals surface area contributed by atoms with Crippen LogP contribution in [0, 0.1) is 10.1 Å². The second-order valence-corrected chi connectivity index (χ2v) is 4.00. The highest BCUT2D eigenvalue weighted by Gasteiger charge is 2.15. The van der Waals surface area contributed by atoms with Gasteiger partial charge in [0.2, 0.25) is 0 Å². The van der Waals surface area contributed by atoms with Crippen molar-refractivity contribution in [1.82, 2.24) is 14.9 Å². The van der Waals surface area contributed by atoms with E-state index in [-0.39, 0.29) is 17.2 Å². The van der Waals surface area contributed by atoms with Crippen LogP contribution in [0.2, 0.25) is 0 Å². The summed E-state index contributed by atoms with van der Waals surface area (Å²) in [7, 11) is 1.61. The zero-order valence-electron chi connectivity index (χ0n) is 10.2. The fourth-order valence-corrected chi connectivity index (χ4v) is 1.65. The molecule has 1 N–H and O–H groups in total. The van der Waals surface area contributed by atoms with Crippen molar-refractivity contribution in [3.8, 4) is 0 Å². The maximum absolute atomic E-state index is 12.1. The molecule has 1 amide bonds. The van der Waals surface area contributed by atoms with E-state index in [1.807, 2.05) is 0 Å². The number of hydrogen-bond acceptors (Lipinski definition) is 4. The Morgan fingerprint density at radius 2 is 2.32 bits per heavy atom. The van der Waals surface area contributed by atoms with Crippen LogP contribution in [0.1, 0.15) is 16.2 Å². The summed E-state index contributed by atoms with van der Waals surface area (Å²) < 4.78 is 0. The molecule has 7 nitrogen and oxygen atoms in total. The van der Waals surface area contributed by atoms with Crippen LogP contribution in [0.15, 0.2) is 36.7 Å². The van der Waals surface area contributed by atoms with E-state index in [9.17, 15) is 14.9 Å². The molecule has 2 aromatic rings. The zero-order chi connectivity index (χ0) is 13.8. The zero-order valence-corrected chi connectivity index (χ0v) is 10.2. The standard InChI is InChI=1S/C12H12N4O3/c1-15(8-11-13-5-6-14-11)12(17)9-3-2-4-10(7-9)16(18)19/h2-7H,8H2,1H3,(H,13,14). The Morgan fingerprint density at radius 3 is 2.95 bits per heavy atom. The van der Waals surface area contributed by atoms with Gasteiger partial charge in [-0.3, -0.25) is 14.9 Å². The lowest BCUT2D eigenvalue weighted by Crippen LogP contribution is -2.26. The number of imidazole rings is 1. The van der Waals surface area contributed by atoms with E-state index in [1.54, 1.807) is 25.5 Å². The van der Waals surface area contributed by atoms with Gasteiger partial charge in [0, 0.05) is 37.1 Å². The summed E-state index contributed by atoms with van der Waals surface area (Å²) in [5.74, 6) is 0.362. The van der Waals surface area contributed by atoms with Crippen molar-refractivity contribution in [2.24, 2.45) is 0 Å². The lowest BCUT2D eigenvalue weighted by Gasteiger charge is -2.15. The smallest absolute Gasteiger partial charge is 0.270 e. The van der Waals surface area contributed by atoms with E-state index in [2.05, 4.69) is 9.97 Å². The summed E-state index contributed by atoms with van der Waals surface area (Å²) in [6.07, 6.45) is 3.27. The third kappa shape index (κ3) is 2.95. The molecule has 0 saturated carbocycles. The average molecular weight is 260 g/mol. The van der Waals surface area contributed by atoms with Crippen molar-refractivity contribution in [2.75, 3.05) is 7.05 Å². The number of H-pyrrole nitrogens is 1. The topological polar surface area (TPSA) is 92.1 Å². The number of amides is 1. The number of carbonyl (C=O) groups excluding carboxylic acids is 1. The molecule has 0 aliphatic carbocycles. The van der Waals surface area contributed by atoms with Crippen molar-refractivity contribution in [3.05, 3.63) is 58.2 Å². The molecule has 0 fully saturated rings. The van der Waals surface area contributed by atoms with Crippen LogP contribution in [0.3, 0.4) is 0 Å². The summed E-state index contributed by atoms with van der Waals surface area (Å²) in [6.45, 7) is 0.314. The first-order valence-corrected chi connectivity index (χ1v) is 5.56. The van der Waals surface area contributed by atoms with Crippen molar-refractivity contribution < 1.29 is 9.72 Å². The van der Waals surface area contributed by atoms with Gasteiger partial charge in [-0.1, -0.05) is 6.07 Å². The largest absolute Gasteiger partial charge is 0.347 e. The number of aromatic amines is 1. The molecule has 0 saturated heterocycles. The molecule has 0 spiro atoms. The van der Waals surface area contributed by atoms with Crippen molar-refractivity contribution >= 4 is 11.6 Å². The number of nitrogens with zero attached hydrogens (tertiary/aromatic N) is 3. The predicted molar refractivity (Wildman–Crippen MR) is 67.5 cm³/mol. The van der Waals surface area contributed by atoms with Crippen molar-refractivity contribution in [2.45, 2.75) is 6.54 Å². The molecule has 0 aliphatic heterocycles. The first kappa shape index (κ1) is 12.7. The summed E-state index contributed by atoms with van der Waals surface area (Å²) in [6, 6.07) is 5.66. The van der Waals surface area contributed by atoms with Gasteiger partial charge in [-0.05, 0) is 6.07 Å². The number of nitro benzene ring substituents is 1. The maximum Gasteiger partial charge on any atom is 0.270 e. The Labute approximate surface area is 109 Å². The third-order valence-electron chi connectivity index (χ3n) is 2.59. The number of carbonyl (C=O) groups is 1. The molecule has 98 valence electrons. The Balaban J connectivity index is 2.14. The minimum absolute atomic E-state index is 0.0998. The van der Waals surface area contributed by atoms with Gasteiger partial charge >= 0.3 is 0 Å². The van der Waals surface area contributed by atoms with Gasteiger partial charge in [-0.2, -0.15) is 0 Å². The molecule has 1 aromatic heterocycles. The van der Waals surface area contributed by atoms with Gasteiger partial charge in [-0.15, -0.1) is 0 Å². The van der Waals surface area contributed by atoms with Crippen LogP contribution in [-0.4, -0.2) is 32.7 Å². The molecular formula is C12H12N4O3. The molecule has 19 heavy (non-hydrogen) atoms. The Morgan fingerprint density at radius 1 is 1.53 bits per heavy atom. The quantitative estimate of drug-likeness (QED) is 0.667. The molecule has 0 bridgehead atoms. The highest BCUT2D eigenvalue weighted by atomic mass is 16.6. The van der Waals surface area contributed by atoms with Gasteiger partial charge in [0.25, 0.3) is 11.6 Å². The van der Waals surface area contributed by atoms with Gasteiger partial charge in [0.15, 0.2) is 0 Å². The van der Waals surface area contributed by atoms with Gasteiger partial charge in [0.05, 0.1) is 11.5 Å². The predicted octanol–water partition coefficient (Wildman–Crippen LogP) is 1.59. The summed E-state index contributed by atoms with van der Waals surface area (Å²) in [5.41, 5.74) is 0.181. The van der Waals surface area contributed by atoms with E-state index in [0.29, 0.717) is 12.4 Å². The van der Waals surface area contributed by atoms with E-state index in [1.165, 1.54) is 23.1 Å². The summed E-state index contributed by atoms with van der Waals surface area (Å²) in [5, 5.41) is 10.7. The monoisotopic (exact) mass is 260 g/mol. The first-order valence-electron chi connectivity index (χ1n) is 5.56. The lowest BCUT2D eigenvalue weighted by molar-refractivity contribution is -0.384.